The number of fused-ring (bicyclic) bond motifs is 1. The zero-order valence-electron chi connectivity index (χ0n) is 18.6. The van der Waals surface area contributed by atoms with E-state index in [9.17, 15) is 9.59 Å². The number of carbonyl (C=O) groups is 2. The van der Waals surface area contributed by atoms with E-state index < -0.39 is 5.60 Å². The maximum absolute atomic E-state index is 13.7. The fourth-order valence-electron chi connectivity index (χ4n) is 8.10. The minimum Gasteiger partial charge on any atom is -0.486 e. The monoisotopic (exact) mass is 441 g/mol. The van der Waals surface area contributed by atoms with Crippen molar-refractivity contribution in [1.29, 1.82) is 0 Å². The number of benzene rings is 1. The first-order valence-electron chi connectivity index (χ1n) is 12.1. The summed E-state index contributed by atoms with van der Waals surface area (Å²) in [5.74, 6) is 3.54. The van der Waals surface area contributed by atoms with Crippen LogP contribution in [0.2, 0.25) is 5.02 Å². The highest BCUT2D eigenvalue weighted by Gasteiger charge is 2.56. The molecule has 1 amide bonds. The Balaban J connectivity index is 1.20. The Morgan fingerprint density at radius 2 is 1.65 bits per heavy atom. The quantitative estimate of drug-likeness (QED) is 0.578. The van der Waals surface area contributed by atoms with Gasteiger partial charge in [0.2, 0.25) is 5.91 Å². The van der Waals surface area contributed by atoms with E-state index >= 15 is 0 Å². The topological polar surface area (TPSA) is 46.6 Å². The molecule has 5 fully saturated rings. The number of ether oxygens (including phenoxy) is 1. The lowest BCUT2D eigenvalue weighted by Gasteiger charge is -2.57. The maximum atomic E-state index is 13.7. The molecule has 0 unspecified atom stereocenters. The van der Waals surface area contributed by atoms with Gasteiger partial charge in [-0.25, -0.2) is 0 Å². The largest absolute Gasteiger partial charge is 0.486 e. The number of nitrogens with zero attached hydrogens (tertiary/aromatic N) is 1. The van der Waals surface area contributed by atoms with Gasteiger partial charge < -0.3 is 9.64 Å². The van der Waals surface area contributed by atoms with Gasteiger partial charge in [-0.1, -0.05) is 11.6 Å². The van der Waals surface area contributed by atoms with Gasteiger partial charge in [-0.15, -0.1) is 0 Å². The SMILES string of the molecule is Cc1cc2c(c(C)c1Cl)C(=O)CC1(CCN(C(=O)C34CC5CC(CC(C5)C3)C4)CC1)O2. The molecule has 1 spiro atoms. The molecule has 4 nitrogen and oxygen atoms in total. The molecule has 4 bridgehead atoms. The van der Waals surface area contributed by atoms with Crippen molar-refractivity contribution >= 4 is 23.3 Å². The Hall–Kier alpha value is -1.55. The molecule has 5 heteroatoms. The van der Waals surface area contributed by atoms with Gasteiger partial charge in [0.1, 0.15) is 11.4 Å². The third-order valence-corrected chi connectivity index (χ3v) is 9.77. The van der Waals surface area contributed by atoms with Crippen LogP contribution in [0.1, 0.15) is 79.3 Å². The van der Waals surface area contributed by atoms with Crippen LogP contribution in [-0.4, -0.2) is 35.3 Å². The van der Waals surface area contributed by atoms with E-state index in [1.54, 1.807) is 0 Å². The third-order valence-electron chi connectivity index (χ3n) is 9.19. The molecule has 31 heavy (non-hydrogen) atoms. The van der Waals surface area contributed by atoms with E-state index in [4.69, 9.17) is 16.3 Å². The number of likely N-dealkylation sites (tertiary alicyclic amines) is 1. The second-order valence-corrected chi connectivity index (χ2v) is 11.8. The van der Waals surface area contributed by atoms with Crippen LogP contribution in [0.4, 0.5) is 0 Å². The summed E-state index contributed by atoms with van der Waals surface area (Å²) in [5.41, 5.74) is 1.85. The predicted molar refractivity (Wildman–Crippen MR) is 120 cm³/mol. The van der Waals surface area contributed by atoms with Gasteiger partial charge in [0.05, 0.1) is 17.4 Å². The Morgan fingerprint density at radius 1 is 1.06 bits per heavy atom. The fraction of sp³-hybridized carbons (Fsp3) is 0.692. The highest BCUT2D eigenvalue weighted by Crippen LogP contribution is 2.60. The first-order valence-corrected chi connectivity index (χ1v) is 12.5. The van der Waals surface area contributed by atoms with Crippen LogP contribution in [0.25, 0.3) is 0 Å². The van der Waals surface area contributed by atoms with Crippen molar-refractivity contribution in [2.75, 3.05) is 13.1 Å². The van der Waals surface area contributed by atoms with E-state index in [-0.39, 0.29) is 11.2 Å². The van der Waals surface area contributed by atoms with Gasteiger partial charge in [0.15, 0.2) is 5.78 Å². The fourth-order valence-corrected chi connectivity index (χ4v) is 8.25. The molecule has 0 aromatic heterocycles. The number of halogens is 1. The highest BCUT2D eigenvalue weighted by molar-refractivity contribution is 6.32. The van der Waals surface area contributed by atoms with Gasteiger partial charge in [-0.05, 0) is 87.3 Å². The van der Waals surface area contributed by atoms with Gasteiger partial charge in [-0.3, -0.25) is 9.59 Å². The van der Waals surface area contributed by atoms with Crippen molar-refractivity contribution in [2.45, 2.75) is 77.2 Å². The van der Waals surface area contributed by atoms with Crippen molar-refractivity contribution in [3.05, 3.63) is 27.8 Å². The van der Waals surface area contributed by atoms with E-state index in [2.05, 4.69) is 4.90 Å². The molecule has 6 aliphatic rings. The summed E-state index contributed by atoms with van der Waals surface area (Å²) in [7, 11) is 0. The number of rotatable bonds is 1. The van der Waals surface area contributed by atoms with Crippen molar-refractivity contribution < 1.29 is 14.3 Å². The Bertz CT molecular complexity index is 940. The van der Waals surface area contributed by atoms with Crippen LogP contribution in [0.5, 0.6) is 5.75 Å². The lowest BCUT2D eigenvalue weighted by atomic mass is 9.49. The van der Waals surface area contributed by atoms with E-state index in [0.29, 0.717) is 41.8 Å². The third kappa shape index (κ3) is 3.00. The van der Waals surface area contributed by atoms with Crippen molar-refractivity contribution in [3.63, 3.8) is 0 Å². The van der Waals surface area contributed by atoms with Crippen LogP contribution in [0.3, 0.4) is 0 Å². The number of aryl methyl sites for hydroxylation is 1. The average molecular weight is 442 g/mol. The normalized spacial score (nSPS) is 35.3. The molecule has 1 saturated heterocycles. The van der Waals surface area contributed by atoms with Gasteiger partial charge >= 0.3 is 0 Å². The molecule has 0 atom stereocenters. The summed E-state index contributed by atoms with van der Waals surface area (Å²) in [6.45, 7) is 5.27. The van der Waals surface area contributed by atoms with Gasteiger partial charge in [0.25, 0.3) is 0 Å². The van der Waals surface area contributed by atoms with Crippen LogP contribution >= 0.6 is 11.6 Å². The van der Waals surface area contributed by atoms with Crippen LogP contribution in [0, 0.1) is 37.0 Å². The number of Topliss-reactive ketones (excluding diaryl/α,β-unsaturated/α-hetero) is 1. The predicted octanol–water partition coefficient (Wildman–Crippen LogP) is 5.50. The summed E-state index contributed by atoms with van der Waals surface area (Å²) in [6.07, 6.45) is 9.26. The Labute approximate surface area is 189 Å². The zero-order valence-corrected chi connectivity index (χ0v) is 19.4. The molecule has 4 saturated carbocycles. The van der Waals surface area contributed by atoms with Crippen molar-refractivity contribution in [3.8, 4) is 5.75 Å². The average Bonchev–Trinajstić information content (AvgIpc) is 2.71. The molecule has 0 radical (unpaired) electrons. The number of carbonyl (C=O) groups excluding carboxylic acids is 2. The molecule has 7 rings (SSSR count). The first kappa shape index (κ1) is 20.1. The van der Waals surface area contributed by atoms with Crippen molar-refractivity contribution in [2.24, 2.45) is 23.2 Å². The van der Waals surface area contributed by atoms with Gasteiger partial charge in [0, 0.05) is 31.0 Å². The smallest absolute Gasteiger partial charge is 0.228 e. The van der Waals surface area contributed by atoms with Crippen LogP contribution < -0.4 is 4.74 Å². The molecule has 0 N–H and O–H groups in total. The Kier molecular flexibility index (Phi) is 4.36. The van der Waals surface area contributed by atoms with Crippen LogP contribution in [0.15, 0.2) is 6.07 Å². The molecule has 2 aliphatic heterocycles. The molecular formula is C26H32ClNO3. The van der Waals surface area contributed by atoms with Gasteiger partial charge in [-0.2, -0.15) is 0 Å². The Morgan fingerprint density at radius 3 is 2.23 bits per heavy atom. The minimum atomic E-state index is -0.477. The summed E-state index contributed by atoms with van der Waals surface area (Å²) in [5, 5.41) is 0.655. The highest BCUT2D eigenvalue weighted by atomic mass is 35.5. The molecule has 1 aromatic carbocycles. The number of hydrogen-bond acceptors (Lipinski definition) is 3. The summed E-state index contributed by atoms with van der Waals surface area (Å²) < 4.78 is 6.51. The number of amides is 1. The first-order chi connectivity index (χ1) is 14.8. The lowest BCUT2D eigenvalue weighted by molar-refractivity contribution is -0.161. The maximum Gasteiger partial charge on any atom is 0.228 e. The number of ketones is 1. The molecular weight excluding hydrogens is 410 g/mol. The summed E-state index contributed by atoms with van der Waals surface area (Å²) >= 11 is 6.39. The summed E-state index contributed by atoms with van der Waals surface area (Å²) in [4.78, 5) is 28.9. The van der Waals surface area contributed by atoms with E-state index in [1.165, 1.54) is 19.3 Å². The molecule has 1 aromatic rings. The second-order valence-electron chi connectivity index (χ2n) is 11.4. The van der Waals surface area contributed by atoms with Crippen molar-refractivity contribution in [1.82, 2.24) is 4.90 Å². The second kappa shape index (κ2) is 6.73. The van der Waals surface area contributed by atoms with E-state index in [1.807, 2.05) is 19.9 Å². The number of hydrogen-bond donors (Lipinski definition) is 0. The molecule has 4 aliphatic carbocycles. The lowest BCUT2D eigenvalue weighted by Crippen LogP contribution is -2.58. The zero-order chi connectivity index (χ0) is 21.5. The number of piperidine rings is 1. The van der Waals surface area contributed by atoms with E-state index in [0.717, 1.165) is 61.0 Å². The van der Waals surface area contributed by atoms with Crippen LogP contribution in [-0.2, 0) is 4.79 Å². The minimum absolute atomic E-state index is 0.0833. The summed E-state index contributed by atoms with van der Waals surface area (Å²) in [6, 6.07) is 1.91. The molecule has 166 valence electrons. The standard InChI is InChI=1S/C26H32ClNO3/c1-15-7-21-22(16(2)23(15)27)20(29)14-26(31-21)3-5-28(6-4-26)24(30)25-11-17-8-18(12-25)10-19(9-17)13-25/h7,17-19H,3-6,8-14H2,1-2H3. The molecule has 2 heterocycles.